The molecular weight excluding hydrogens is 309 g/mol. The summed E-state index contributed by atoms with van der Waals surface area (Å²) in [4.78, 5) is 14.4. The van der Waals surface area contributed by atoms with Gasteiger partial charge in [-0.25, -0.2) is 0 Å². The number of hydrogen-bond donors (Lipinski definition) is 2. The van der Waals surface area contributed by atoms with Crippen LogP contribution in [0.1, 0.15) is 26.2 Å². The Morgan fingerprint density at radius 2 is 2.10 bits per heavy atom. The summed E-state index contributed by atoms with van der Waals surface area (Å²) in [6.45, 7) is 5.15. The molecule has 2 rings (SSSR count). The molecule has 1 aliphatic heterocycles. The minimum Gasteiger partial charge on any atom is -0.399 e. The van der Waals surface area contributed by atoms with E-state index in [-0.39, 0.29) is 5.91 Å². The van der Waals surface area contributed by atoms with Crippen LogP contribution < -0.4 is 11.1 Å². The number of nitrogens with two attached hydrogens (primary N) is 1. The van der Waals surface area contributed by atoms with Gasteiger partial charge in [-0.05, 0) is 37.4 Å². The molecule has 6 heteroatoms. The molecule has 0 spiro atoms. The maximum absolute atomic E-state index is 12.0. The van der Waals surface area contributed by atoms with Crippen molar-refractivity contribution in [1.29, 1.82) is 0 Å². The highest BCUT2D eigenvalue weighted by molar-refractivity contribution is 6.40. The summed E-state index contributed by atoms with van der Waals surface area (Å²) < 4.78 is 0. The zero-order chi connectivity index (χ0) is 15.4. The summed E-state index contributed by atoms with van der Waals surface area (Å²) in [5.41, 5.74) is 6.55. The summed E-state index contributed by atoms with van der Waals surface area (Å²) in [6.07, 6.45) is 2.92. The van der Waals surface area contributed by atoms with E-state index in [2.05, 4.69) is 17.1 Å². The van der Waals surface area contributed by atoms with Crippen molar-refractivity contribution in [2.45, 2.75) is 26.2 Å². The Kier molecular flexibility index (Phi) is 5.73. The molecule has 1 aliphatic rings. The number of hydrogen-bond acceptors (Lipinski definition) is 3. The van der Waals surface area contributed by atoms with E-state index in [0.717, 1.165) is 19.6 Å². The molecule has 116 valence electrons. The van der Waals surface area contributed by atoms with Crippen molar-refractivity contribution in [1.82, 2.24) is 4.90 Å². The second kappa shape index (κ2) is 7.34. The van der Waals surface area contributed by atoms with Crippen LogP contribution in [0.4, 0.5) is 11.4 Å². The molecule has 1 aromatic carbocycles. The van der Waals surface area contributed by atoms with Gasteiger partial charge in [-0.1, -0.05) is 30.1 Å². The number of likely N-dealkylation sites (tertiary alicyclic amines) is 1. The van der Waals surface area contributed by atoms with Crippen LogP contribution in [-0.2, 0) is 4.79 Å². The van der Waals surface area contributed by atoms with Gasteiger partial charge in [0.25, 0.3) is 0 Å². The molecule has 0 aromatic heterocycles. The van der Waals surface area contributed by atoms with Gasteiger partial charge in [0.15, 0.2) is 0 Å². The lowest BCUT2D eigenvalue weighted by Gasteiger charge is -2.30. The quantitative estimate of drug-likeness (QED) is 0.829. The zero-order valence-corrected chi connectivity index (χ0v) is 13.7. The molecule has 1 saturated heterocycles. The van der Waals surface area contributed by atoms with Crippen molar-refractivity contribution < 1.29 is 4.79 Å². The van der Waals surface area contributed by atoms with Crippen molar-refractivity contribution in [2.24, 2.45) is 5.92 Å². The van der Waals surface area contributed by atoms with E-state index in [1.807, 2.05) is 0 Å². The van der Waals surface area contributed by atoms with Crippen LogP contribution in [0.2, 0.25) is 10.0 Å². The normalized spacial score (nSPS) is 19.5. The first-order valence-electron chi connectivity index (χ1n) is 7.22. The topological polar surface area (TPSA) is 58.4 Å². The zero-order valence-electron chi connectivity index (χ0n) is 12.2. The maximum atomic E-state index is 12.0. The Balaban J connectivity index is 1.87. The molecule has 0 aliphatic carbocycles. The first kappa shape index (κ1) is 16.4. The molecule has 3 N–H and O–H groups in total. The molecule has 0 saturated carbocycles. The van der Waals surface area contributed by atoms with Crippen molar-refractivity contribution in [3.8, 4) is 0 Å². The van der Waals surface area contributed by atoms with Gasteiger partial charge in [0.2, 0.25) is 5.91 Å². The molecule has 4 nitrogen and oxygen atoms in total. The van der Waals surface area contributed by atoms with Crippen LogP contribution in [-0.4, -0.2) is 30.4 Å². The van der Waals surface area contributed by atoms with E-state index in [1.54, 1.807) is 12.1 Å². The predicted octanol–water partition coefficient (Wildman–Crippen LogP) is 3.64. The van der Waals surface area contributed by atoms with Gasteiger partial charge in [-0.2, -0.15) is 0 Å². The van der Waals surface area contributed by atoms with Crippen LogP contribution >= 0.6 is 23.2 Å². The van der Waals surface area contributed by atoms with Crippen molar-refractivity contribution in [3.63, 3.8) is 0 Å². The van der Waals surface area contributed by atoms with Crippen molar-refractivity contribution >= 4 is 40.5 Å². The number of nitrogens with zero attached hydrogens (tertiary/aromatic N) is 1. The van der Waals surface area contributed by atoms with Gasteiger partial charge in [-0.3, -0.25) is 4.79 Å². The maximum Gasteiger partial charge on any atom is 0.225 e. The fourth-order valence-corrected chi connectivity index (χ4v) is 3.26. The van der Waals surface area contributed by atoms with Crippen LogP contribution in [0.15, 0.2) is 12.1 Å². The number of carbonyl (C=O) groups is 1. The van der Waals surface area contributed by atoms with E-state index < -0.39 is 0 Å². The van der Waals surface area contributed by atoms with E-state index >= 15 is 0 Å². The molecule has 1 amide bonds. The van der Waals surface area contributed by atoms with Gasteiger partial charge in [0, 0.05) is 25.2 Å². The Hall–Kier alpha value is -0.970. The average molecular weight is 330 g/mol. The third-order valence-corrected chi connectivity index (χ3v) is 4.32. The number of anilines is 2. The smallest absolute Gasteiger partial charge is 0.225 e. The van der Waals surface area contributed by atoms with E-state index in [4.69, 9.17) is 28.9 Å². The number of benzene rings is 1. The van der Waals surface area contributed by atoms with Gasteiger partial charge < -0.3 is 16.0 Å². The Morgan fingerprint density at radius 1 is 1.43 bits per heavy atom. The number of nitrogen functional groups attached to an aromatic ring is 1. The Labute approximate surface area is 135 Å². The molecule has 1 heterocycles. The number of amides is 1. The van der Waals surface area contributed by atoms with Crippen LogP contribution in [0.5, 0.6) is 0 Å². The lowest BCUT2D eigenvalue weighted by Crippen LogP contribution is -2.36. The fourth-order valence-electron chi connectivity index (χ4n) is 2.66. The molecule has 0 radical (unpaired) electrons. The third-order valence-electron chi connectivity index (χ3n) is 3.73. The summed E-state index contributed by atoms with van der Waals surface area (Å²) in [5.74, 6) is 0.629. The number of rotatable bonds is 4. The van der Waals surface area contributed by atoms with E-state index in [9.17, 15) is 4.79 Å². The summed E-state index contributed by atoms with van der Waals surface area (Å²) in [6, 6.07) is 3.16. The second-order valence-electron chi connectivity index (χ2n) is 5.71. The third kappa shape index (κ3) is 4.77. The summed E-state index contributed by atoms with van der Waals surface area (Å²) in [5, 5.41) is 3.49. The molecule has 1 fully saturated rings. The van der Waals surface area contributed by atoms with Crippen LogP contribution in [0.3, 0.4) is 0 Å². The molecule has 1 unspecified atom stereocenters. The largest absolute Gasteiger partial charge is 0.399 e. The van der Waals surface area contributed by atoms with Crippen LogP contribution in [0.25, 0.3) is 0 Å². The van der Waals surface area contributed by atoms with Gasteiger partial charge in [-0.15, -0.1) is 0 Å². The van der Waals surface area contributed by atoms with Crippen molar-refractivity contribution in [3.05, 3.63) is 22.2 Å². The predicted molar refractivity (Wildman–Crippen MR) is 89.0 cm³/mol. The minimum absolute atomic E-state index is 0.0817. The van der Waals surface area contributed by atoms with E-state index in [1.165, 1.54) is 12.8 Å². The molecular formula is C15H21Cl2N3O. The Bertz CT molecular complexity index is 499. The number of nitrogens with one attached hydrogen (secondary N) is 1. The first-order chi connectivity index (χ1) is 9.95. The standard InChI is InChI=1S/C15H21Cl2N3O/c1-10-3-2-5-20(9-10)6-4-14(21)19-15-12(16)7-11(18)8-13(15)17/h7-8,10H,2-6,9,18H2,1H3,(H,19,21). The number of carbonyl (C=O) groups excluding carboxylic acids is 1. The fraction of sp³-hybridized carbons (Fsp3) is 0.533. The molecule has 0 bridgehead atoms. The SMILES string of the molecule is CC1CCCN(CCC(=O)Nc2c(Cl)cc(N)cc2Cl)C1. The highest BCUT2D eigenvalue weighted by Gasteiger charge is 2.17. The highest BCUT2D eigenvalue weighted by atomic mass is 35.5. The lowest BCUT2D eigenvalue weighted by molar-refractivity contribution is -0.116. The Morgan fingerprint density at radius 3 is 2.71 bits per heavy atom. The van der Waals surface area contributed by atoms with Gasteiger partial charge in [0.05, 0.1) is 15.7 Å². The van der Waals surface area contributed by atoms with Gasteiger partial charge >= 0.3 is 0 Å². The average Bonchev–Trinajstić information content (AvgIpc) is 2.40. The first-order valence-corrected chi connectivity index (χ1v) is 7.98. The lowest BCUT2D eigenvalue weighted by atomic mass is 10.0. The summed E-state index contributed by atoms with van der Waals surface area (Å²) >= 11 is 12.1. The second-order valence-corrected chi connectivity index (χ2v) is 6.52. The summed E-state index contributed by atoms with van der Waals surface area (Å²) in [7, 11) is 0. The monoisotopic (exact) mass is 329 g/mol. The number of halogens is 2. The highest BCUT2D eigenvalue weighted by Crippen LogP contribution is 2.32. The molecule has 1 aromatic rings. The van der Waals surface area contributed by atoms with E-state index in [0.29, 0.717) is 33.8 Å². The molecule has 21 heavy (non-hydrogen) atoms. The number of piperidine rings is 1. The van der Waals surface area contributed by atoms with Gasteiger partial charge in [0.1, 0.15) is 0 Å². The minimum atomic E-state index is -0.0817. The van der Waals surface area contributed by atoms with Crippen LogP contribution in [0, 0.1) is 5.92 Å². The molecule has 1 atom stereocenters. The van der Waals surface area contributed by atoms with Crippen molar-refractivity contribution in [2.75, 3.05) is 30.7 Å².